The summed E-state index contributed by atoms with van der Waals surface area (Å²) >= 11 is 0. The average Bonchev–Trinajstić information content (AvgIpc) is 2.96. The molecule has 0 rings (SSSR count). The van der Waals surface area contributed by atoms with Crippen LogP contribution in [0.3, 0.4) is 0 Å². The molecule has 0 radical (unpaired) electrons. The Labute approximate surface area is 254 Å². The smallest absolute Gasteiger partial charge is 0.207 e. The van der Waals surface area contributed by atoms with Gasteiger partial charge >= 0.3 is 0 Å². The van der Waals surface area contributed by atoms with E-state index in [4.69, 9.17) is 0 Å². The van der Waals surface area contributed by atoms with Crippen LogP contribution in [0.4, 0.5) is 0 Å². The fourth-order valence-corrected chi connectivity index (χ4v) is 6.54. The molecule has 0 aromatic carbocycles. The molecule has 2 atom stereocenters. The van der Waals surface area contributed by atoms with Gasteiger partial charge in [0.2, 0.25) is 6.41 Å². The van der Waals surface area contributed by atoms with Gasteiger partial charge in [0.15, 0.2) is 0 Å². The van der Waals surface area contributed by atoms with Gasteiger partial charge in [-0.15, -0.1) is 0 Å². The second kappa shape index (κ2) is 34.7. The van der Waals surface area contributed by atoms with Gasteiger partial charge in [-0.25, -0.2) is 0 Å². The third-order valence-corrected chi connectivity index (χ3v) is 9.33. The van der Waals surface area contributed by atoms with E-state index in [1.165, 1.54) is 205 Å². The highest BCUT2D eigenvalue weighted by Gasteiger charge is 2.20. The van der Waals surface area contributed by atoms with Crippen LogP contribution >= 0.6 is 0 Å². The van der Waals surface area contributed by atoms with Gasteiger partial charge in [0.25, 0.3) is 0 Å². The van der Waals surface area contributed by atoms with Crippen LogP contribution in [-0.2, 0) is 4.79 Å². The quantitative estimate of drug-likeness (QED) is 0.0603. The predicted molar refractivity (Wildman–Crippen MR) is 181 cm³/mol. The molecule has 2 nitrogen and oxygen atoms in total. The summed E-state index contributed by atoms with van der Waals surface area (Å²) in [5, 5.41) is 3.24. The van der Waals surface area contributed by atoms with Crippen molar-refractivity contribution in [1.82, 2.24) is 5.32 Å². The number of hydrogen-bond donors (Lipinski definition) is 1. The molecule has 0 saturated heterocycles. The summed E-state index contributed by atoms with van der Waals surface area (Å²) in [6.07, 6.45) is 45.6. The third-order valence-electron chi connectivity index (χ3n) is 9.33. The summed E-state index contributed by atoms with van der Waals surface area (Å²) in [4.78, 5) is 11.4. The number of amides is 1. The highest BCUT2D eigenvalue weighted by atomic mass is 16.1. The van der Waals surface area contributed by atoms with Gasteiger partial charge in [-0.1, -0.05) is 207 Å². The Kier molecular flexibility index (Phi) is 34.2. The largest absolute Gasteiger partial charge is 0.356 e. The normalized spacial score (nSPS) is 13.0. The number of hydrogen-bond acceptors (Lipinski definition) is 1. The van der Waals surface area contributed by atoms with E-state index in [1.807, 2.05) is 0 Å². The van der Waals surface area contributed by atoms with Crippen molar-refractivity contribution in [2.45, 2.75) is 232 Å². The average molecular weight is 564 g/mol. The van der Waals surface area contributed by atoms with E-state index >= 15 is 0 Å². The monoisotopic (exact) mass is 564 g/mol. The molecule has 0 fully saturated rings. The molecule has 1 amide bonds. The first-order chi connectivity index (χ1) is 19.8. The highest BCUT2D eigenvalue weighted by Crippen LogP contribution is 2.25. The van der Waals surface area contributed by atoms with Gasteiger partial charge < -0.3 is 5.32 Å². The van der Waals surface area contributed by atoms with E-state index in [1.54, 1.807) is 0 Å². The minimum atomic E-state index is 0.402. The lowest BCUT2D eigenvalue weighted by molar-refractivity contribution is -0.110. The Balaban J connectivity index is 3.70. The molecule has 240 valence electrons. The molecule has 0 aromatic heterocycles. The molecule has 1 N–H and O–H groups in total. The lowest BCUT2D eigenvalue weighted by Gasteiger charge is -2.27. The van der Waals surface area contributed by atoms with E-state index in [0.717, 1.165) is 6.41 Å². The number of unbranched alkanes of at least 4 members (excludes halogenated alkanes) is 26. The van der Waals surface area contributed by atoms with Crippen LogP contribution in [0.25, 0.3) is 0 Å². The SMILES string of the molecule is CCCCCCCCCCCCCCCCCCCCCCC(NC=O)C(CCCC)CCCCCCCCC. The number of rotatable bonds is 35. The van der Waals surface area contributed by atoms with Crippen molar-refractivity contribution in [3.63, 3.8) is 0 Å². The molecule has 0 aliphatic heterocycles. The summed E-state index contributed by atoms with van der Waals surface area (Å²) in [5.41, 5.74) is 0. The summed E-state index contributed by atoms with van der Waals surface area (Å²) in [6, 6.07) is 0.402. The lowest BCUT2D eigenvalue weighted by atomic mass is 9.85. The zero-order valence-corrected chi connectivity index (χ0v) is 28.3. The van der Waals surface area contributed by atoms with Gasteiger partial charge in [-0.3, -0.25) is 4.79 Å². The summed E-state index contributed by atoms with van der Waals surface area (Å²) in [6.45, 7) is 6.89. The highest BCUT2D eigenvalue weighted by molar-refractivity contribution is 5.46. The first-order valence-corrected chi connectivity index (χ1v) is 19.0. The molecule has 0 heterocycles. The predicted octanol–water partition coefficient (Wildman–Crippen LogP) is 13.3. The number of carbonyl (C=O) groups excluding carboxylic acids is 1. The van der Waals surface area contributed by atoms with Crippen LogP contribution in [0, 0.1) is 5.92 Å². The Bertz CT molecular complexity index is 464. The van der Waals surface area contributed by atoms with Gasteiger partial charge in [0.05, 0.1) is 0 Å². The van der Waals surface area contributed by atoms with Crippen molar-refractivity contribution in [3.8, 4) is 0 Å². The fraction of sp³-hybridized carbons (Fsp3) is 0.974. The lowest BCUT2D eigenvalue weighted by Crippen LogP contribution is -2.35. The van der Waals surface area contributed by atoms with E-state index in [9.17, 15) is 4.79 Å². The van der Waals surface area contributed by atoms with E-state index in [2.05, 4.69) is 26.1 Å². The molecule has 2 unspecified atom stereocenters. The Morgan fingerprint density at radius 2 is 0.650 bits per heavy atom. The van der Waals surface area contributed by atoms with Crippen LogP contribution in [0.2, 0.25) is 0 Å². The Morgan fingerprint density at radius 3 is 0.975 bits per heavy atom. The summed E-state index contributed by atoms with van der Waals surface area (Å²) in [5.74, 6) is 0.682. The van der Waals surface area contributed by atoms with E-state index in [-0.39, 0.29) is 0 Å². The standard InChI is InChI=1S/C38H77NO/c1-4-7-10-12-14-15-16-17-18-19-20-21-22-23-24-25-26-28-30-32-35-38(39-36-40)37(33-9-6-3)34-31-29-27-13-11-8-5-2/h36-38H,4-35H2,1-3H3,(H,39,40). The molecule has 0 saturated carbocycles. The van der Waals surface area contributed by atoms with Crippen LogP contribution in [-0.4, -0.2) is 12.5 Å². The molecule has 0 aromatic rings. The Hall–Kier alpha value is -0.530. The van der Waals surface area contributed by atoms with E-state index in [0.29, 0.717) is 12.0 Å². The second-order valence-electron chi connectivity index (χ2n) is 13.2. The maximum absolute atomic E-state index is 11.4. The number of nitrogens with one attached hydrogen (secondary N) is 1. The van der Waals surface area contributed by atoms with Gasteiger partial charge in [-0.05, 0) is 25.2 Å². The van der Waals surface area contributed by atoms with Crippen LogP contribution in [0.5, 0.6) is 0 Å². The molecule has 40 heavy (non-hydrogen) atoms. The first-order valence-electron chi connectivity index (χ1n) is 19.0. The van der Waals surface area contributed by atoms with Gasteiger partial charge in [-0.2, -0.15) is 0 Å². The second-order valence-corrected chi connectivity index (χ2v) is 13.2. The van der Waals surface area contributed by atoms with Crippen molar-refractivity contribution >= 4 is 6.41 Å². The first kappa shape index (κ1) is 39.5. The minimum Gasteiger partial charge on any atom is -0.356 e. The number of carbonyl (C=O) groups is 1. The van der Waals surface area contributed by atoms with Crippen molar-refractivity contribution in [2.75, 3.05) is 0 Å². The van der Waals surface area contributed by atoms with Crippen LogP contribution < -0.4 is 5.32 Å². The van der Waals surface area contributed by atoms with Crippen molar-refractivity contribution < 1.29 is 4.79 Å². The fourth-order valence-electron chi connectivity index (χ4n) is 6.54. The minimum absolute atomic E-state index is 0.402. The maximum atomic E-state index is 11.4. The molecule has 0 aliphatic rings. The van der Waals surface area contributed by atoms with E-state index < -0.39 is 0 Å². The van der Waals surface area contributed by atoms with Gasteiger partial charge in [0, 0.05) is 6.04 Å². The van der Waals surface area contributed by atoms with Crippen LogP contribution in [0.1, 0.15) is 226 Å². The molecule has 0 aliphatic carbocycles. The topological polar surface area (TPSA) is 29.1 Å². The van der Waals surface area contributed by atoms with Crippen LogP contribution in [0.15, 0.2) is 0 Å². The summed E-state index contributed by atoms with van der Waals surface area (Å²) in [7, 11) is 0. The molecular formula is C38H77NO. The molecule has 0 spiro atoms. The van der Waals surface area contributed by atoms with Gasteiger partial charge in [0.1, 0.15) is 0 Å². The zero-order valence-electron chi connectivity index (χ0n) is 28.3. The van der Waals surface area contributed by atoms with Crippen molar-refractivity contribution in [2.24, 2.45) is 5.92 Å². The molecular weight excluding hydrogens is 486 g/mol. The Morgan fingerprint density at radius 1 is 0.375 bits per heavy atom. The molecule has 0 bridgehead atoms. The maximum Gasteiger partial charge on any atom is 0.207 e. The zero-order chi connectivity index (χ0) is 29.2. The van der Waals surface area contributed by atoms with Crippen molar-refractivity contribution in [3.05, 3.63) is 0 Å². The summed E-state index contributed by atoms with van der Waals surface area (Å²) < 4.78 is 0. The third kappa shape index (κ3) is 29.0. The molecule has 2 heteroatoms. The van der Waals surface area contributed by atoms with Crippen molar-refractivity contribution in [1.29, 1.82) is 0 Å².